The van der Waals surface area contributed by atoms with Gasteiger partial charge in [0.05, 0.1) is 0 Å². The van der Waals surface area contributed by atoms with Crippen molar-refractivity contribution in [1.82, 2.24) is 0 Å². The molecule has 0 radical (unpaired) electrons. The second-order valence-electron chi connectivity index (χ2n) is 2.18. The molecule has 0 aliphatic heterocycles. The van der Waals surface area contributed by atoms with Crippen LogP contribution in [0.4, 0.5) is 0 Å². The molecule has 0 aliphatic carbocycles. The standard InChI is InChI=1S/2C2H6O4S.Zn/c2*1-2(3)7(4,5)6;/h2*2-3H,1H3,(H,4,5,6);/q;;+2/p-2. The molecule has 2 atom stereocenters. The number of aliphatic hydroxyl groups excluding tert-OH is 2. The third-order valence-corrected chi connectivity index (χ3v) is 2.51. The van der Waals surface area contributed by atoms with Crippen LogP contribution in [0.25, 0.3) is 0 Å². The minimum atomic E-state index is -4.44. The Morgan fingerprint density at radius 3 is 0.933 bits per heavy atom. The van der Waals surface area contributed by atoms with Gasteiger partial charge in [0.2, 0.25) is 0 Å². The van der Waals surface area contributed by atoms with Gasteiger partial charge in [-0.05, 0) is 13.8 Å². The minimum absolute atomic E-state index is 0. The van der Waals surface area contributed by atoms with Crippen molar-refractivity contribution in [3.05, 3.63) is 0 Å². The van der Waals surface area contributed by atoms with Gasteiger partial charge in [0.1, 0.15) is 31.1 Å². The average Bonchev–Trinajstić information content (AvgIpc) is 1.83. The number of hydrogen-bond acceptors (Lipinski definition) is 8. The summed E-state index contributed by atoms with van der Waals surface area (Å²) in [7, 11) is -8.87. The first kappa shape index (κ1) is 20.7. The van der Waals surface area contributed by atoms with Crippen molar-refractivity contribution < 1.29 is 55.6 Å². The van der Waals surface area contributed by atoms with Gasteiger partial charge >= 0.3 is 19.5 Å². The Bertz CT molecular complexity index is 305. The summed E-state index contributed by atoms with van der Waals surface area (Å²) >= 11 is 0. The zero-order chi connectivity index (χ0) is 12.2. The Morgan fingerprint density at radius 1 is 0.867 bits per heavy atom. The molecule has 0 aromatic heterocycles. The molecule has 88 valence electrons. The zero-order valence-electron chi connectivity index (χ0n) is 8.02. The van der Waals surface area contributed by atoms with E-state index in [0.29, 0.717) is 0 Å². The van der Waals surface area contributed by atoms with Crippen LogP contribution in [-0.4, -0.2) is 47.0 Å². The summed E-state index contributed by atoms with van der Waals surface area (Å²) in [6, 6.07) is 0. The van der Waals surface area contributed by atoms with Gasteiger partial charge in [-0.15, -0.1) is 0 Å². The van der Waals surface area contributed by atoms with Crippen molar-refractivity contribution in [3.63, 3.8) is 0 Å². The van der Waals surface area contributed by atoms with E-state index in [1.807, 2.05) is 0 Å². The minimum Gasteiger partial charge on any atom is -0.746 e. The van der Waals surface area contributed by atoms with Crippen molar-refractivity contribution in [3.8, 4) is 0 Å². The second-order valence-corrected chi connectivity index (χ2v) is 5.52. The van der Waals surface area contributed by atoms with E-state index >= 15 is 0 Å². The van der Waals surface area contributed by atoms with Crippen LogP contribution in [0.3, 0.4) is 0 Å². The first-order chi connectivity index (χ1) is 5.89. The largest absolute Gasteiger partial charge is 2.00 e. The van der Waals surface area contributed by atoms with E-state index in [2.05, 4.69) is 0 Å². The van der Waals surface area contributed by atoms with Crippen molar-refractivity contribution in [2.45, 2.75) is 24.7 Å². The number of aliphatic hydroxyl groups is 2. The van der Waals surface area contributed by atoms with Crippen molar-refractivity contribution in [2.24, 2.45) is 0 Å². The van der Waals surface area contributed by atoms with E-state index in [-0.39, 0.29) is 19.5 Å². The fourth-order valence-corrected chi connectivity index (χ4v) is 0. The molecule has 0 aliphatic rings. The Labute approximate surface area is 101 Å². The fourth-order valence-electron chi connectivity index (χ4n) is 0. The molecule has 0 aromatic carbocycles. The summed E-state index contributed by atoms with van der Waals surface area (Å²) in [4.78, 5) is 0. The Kier molecular flexibility index (Phi) is 10.5. The van der Waals surface area contributed by atoms with E-state index in [4.69, 9.17) is 10.2 Å². The average molecular weight is 316 g/mol. The van der Waals surface area contributed by atoms with Gasteiger partial charge in [0, 0.05) is 0 Å². The molecule has 0 saturated heterocycles. The summed E-state index contributed by atoms with van der Waals surface area (Å²) in [6.07, 6.45) is 0. The van der Waals surface area contributed by atoms with Crippen molar-refractivity contribution in [1.29, 1.82) is 0 Å². The maximum Gasteiger partial charge on any atom is 2.00 e. The maximum atomic E-state index is 9.53. The number of hydrogen-bond donors (Lipinski definition) is 2. The maximum absolute atomic E-state index is 9.53. The quantitative estimate of drug-likeness (QED) is 0.427. The van der Waals surface area contributed by atoms with E-state index in [1.165, 1.54) is 0 Å². The summed E-state index contributed by atoms with van der Waals surface area (Å²) in [5.41, 5.74) is -3.57. The van der Waals surface area contributed by atoms with E-state index in [9.17, 15) is 25.9 Å². The summed E-state index contributed by atoms with van der Waals surface area (Å²) in [5.74, 6) is 0. The third kappa shape index (κ3) is 14.4. The van der Waals surface area contributed by atoms with Gasteiger partial charge in [0.15, 0.2) is 0 Å². The van der Waals surface area contributed by atoms with Gasteiger partial charge in [-0.2, -0.15) is 0 Å². The Balaban J connectivity index is -0.000000180. The van der Waals surface area contributed by atoms with Crippen LogP contribution in [0, 0.1) is 0 Å². The van der Waals surface area contributed by atoms with Crippen LogP contribution in [0.1, 0.15) is 13.8 Å². The summed E-state index contributed by atoms with van der Waals surface area (Å²) < 4.78 is 57.2. The Hall–Kier alpha value is 0.363. The third-order valence-electron chi connectivity index (χ3n) is 0.836. The molecule has 0 aromatic rings. The molecule has 2 N–H and O–H groups in total. The number of rotatable bonds is 2. The van der Waals surface area contributed by atoms with Crippen molar-refractivity contribution in [2.75, 3.05) is 0 Å². The molecular weight excluding hydrogens is 306 g/mol. The van der Waals surface area contributed by atoms with Crippen LogP contribution in [-0.2, 0) is 39.7 Å². The molecule has 0 heterocycles. The molecular formula is C4H10O8S2Zn. The predicted octanol–water partition coefficient (Wildman–Crippen LogP) is -2.26. The van der Waals surface area contributed by atoms with Gasteiger partial charge in [-0.25, -0.2) is 16.8 Å². The normalized spacial score (nSPS) is 15.3. The van der Waals surface area contributed by atoms with Gasteiger partial charge in [-0.3, -0.25) is 0 Å². The van der Waals surface area contributed by atoms with Crippen molar-refractivity contribution >= 4 is 20.2 Å². The van der Waals surface area contributed by atoms with E-state index in [0.717, 1.165) is 13.8 Å². The molecule has 0 amide bonds. The molecule has 0 rings (SSSR count). The monoisotopic (exact) mass is 314 g/mol. The zero-order valence-corrected chi connectivity index (χ0v) is 12.6. The smallest absolute Gasteiger partial charge is 0.746 e. The SMILES string of the molecule is CC(O)S(=O)(=O)[O-].CC(O)S(=O)(=O)[O-].[Zn+2]. The molecule has 8 nitrogen and oxygen atoms in total. The molecule has 11 heteroatoms. The molecule has 0 spiro atoms. The van der Waals surface area contributed by atoms with Crippen LogP contribution < -0.4 is 0 Å². The molecule has 0 fully saturated rings. The second kappa shape index (κ2) is 7.61. The van der Waals surface area contributed by atoms with Gasteiger partial charge in [-0.1, -0.05) is 0 Å². The van der Waals surface area contributed by atoms with Gasteiger partial charge in [0.25, 0.3) is 0 Å². The topological polar surface area (TPSA) is 155 Å². The summed E-state index contributed by atoms with van der Waals surface area (Å²) in [6.45, 7) is 1.81. The first-order valence-electron chi connectivity index (χ1n) is 3.14. The van der Waals surface area contributed by atoms with E-state index in [1.54, 1.807) is 0 Å². The first-order valence-corrected chi connectivity index (χ1v) is 6.09. The van der Waals surface area contributed by atoms with E-state index < -0.39 is 31.1 Å². The van der Waals surface area contributed by atoms with Crippen LogP contribution in [0.5, 0.6) is 0 Å². The molecule has 0 bridgehead atoms. The molecule has 15 heavy (non-hydrogen) atoms. The predicted molar refractivity (Wildman–Crippen MR) is 42.8 cm³/mol. The van der Waals surface area contributed by atoms with Crippen LogP contribution >= 0.6 is 0 Å². The fraction of sp³-hybridized carbons (Fsp3) is 1.00. The molecule has 2 unspecified atom stereocenters. The van der Waals surface area contributed by atoms with Crippen LogP contribution in [0.15, 0.2) is 0 Å². The molecule has 0 saturated carbocycles. The Morgan fingerprint density at radius 2 is 0.933 bits per heavy atom. The van der Waals surface area contributed by atoms with Crippen LogP contribution in [0.2, 0.25) is 0 Å². The summed E-state index contributed by atoms with van der Waals surface area (Å²) in [5, 5.41) is 16.0. The van der Waals surface area contributed by atoms with Gasteiger partial charge < -0.3 is 19.3 Å².